The smallest absolute Gasteiger partial charge is 0.0579 e. The molecule has 2 heteroatoms. The Hall–Kier alpha value is -1.18. The van der Waals surface area contributed by atoms with Gasteiger partial charge in [-0.1, -0.05) is 6.07 Å². The van der Waals surface area contributed by atoms with Crippen LogP contribution < -0.4 is 11.1 Å². The van der Waals surface area contributed by atoms with Crippen molar-refractivity contribution in [2.75, 3.05) is 18.1 Å². The van der Waals surface area contributed by atoms with Crippen LogP contribution in [0, 0.1) is 13.8 Å². The van der Waals surface area contributed by atoms with Gasteiger partial charge in [-0.05, 0) is 31.0 Å². The monoisotopic (exact) mass is 150 g/mol. The van der Waals surface area contributed by atoms with Gasteiger partial charge in [0.1, 0.15) is 0 Å². The Morgan fingerprint density at radius 2 is 1.91 bits per heavy atom. The quantitative estimate of drug-likeness (QED) is 0.600. The molecule has 0 unspecified atom stereocenters. The Kier molecular flexibility index (Phi) is 2.03. The van der Waals surface area contributed by atoms with Gasteiger partial charge in [-0.3, -0.25) is 0 Å². The zero-order chi connectivity index (χ0) is 8.43. The summed E-state index contributed by atoms with van der Waals surface area (Å²) in [5, 5.41) is 3.05. The Balaban J connectivity index is 3.24. The van der Waals surface area contributed by atoms with E-state index in [1.54, 1.807) is 0 Å². The number of nitrogen functional groups attached to an aromatic ring is 1. The highest BCUT2D eigenvalue weighted by Crippen LogP contribution is 2.23. The van der Waals surface area contributed by atoms with Crippen LogP contribution in [-0.2, 0) is 0 Å². The van der Waals surface area contributed by atoms with E-state index in [2.05, 4.69) is 18.3 Å². The summed E-state index contributed by atoms with van der Waals surface area (Å²) in [5.74, 6) is 0. The number of rotatable bonds is 1. The van der Waals surface area contributed by atoms with Crippen LogP contribution in [0.5, 0.6) is 0 Å². The summed E-state index contributed by atoms with van der Waals surface area (Å²) in [6, 6.07) is 4.12. The van der Waals surface area contributed by atoms with E-state index in [9.17, 15) is 0 Å². The van der Waals surface area contributed by atoms with E-state index < -0.39 is 0 Å². The Morgan fingerprint density at radius 3 is 2.45 bits per heavy atom. The first-order valence-electron chi connectivity index (χ1n) is 3.69. The fourth-order valence-electron chi connectivity index (χ4n) is 1.19. The second-order valence-corrected chi connectivity index (χ2v) is 2.79. The van der Waals surface area contributed by atoms with E-state index in [-0.39, 0.29) is 0 Å². The minimum Gasteiger partial charge on any atom is -0.397 e. The van der Waals surface area contributed by atoms with Gasteiger partial charge in [-0.2, -0.15) is 0 Å². The molecular formula is C9H14N2. The molecule has 0 spiro atoms. The predicted octanol–water partition coefficient (Wildman–Crippen LogP) is 1.93. The van der Waals surface area contributed by atoms with Crippen LogP contribution in [0.4, 0.5) is 11.4 Å². The molecule has 0 aliphatic rings. The number of hydrogen-bond acceptors (Lipinski definition) is 2. The van der Waals surface area contributed by atoms with Gasteiger partial charge in [0.2, 0.25) is 0 Å². The van der Waals surface area contributed by atoms with Crippen molar-refractivity contribution in [3.05, 3.63) is 23.3 Å². The van der Waals surface area contributed by atoms with E-state index in [1.807, 2.05) is 20.0 Å². The van der Waals surface area contributed by atoms with Crippen molar-refractivity contribution in [2.45, 2.75) is 13.8 Å². The summed E-state index contributed by atoms with van der Waals surface area (Å²) in [7, 11) is 1.88. The van der Waals surface area contributed by atoms with Crippen LogP contribution in [0.1, 0.15) is 11.1 Å². The van der Waals surface area contributed by atoms with Crippen molar-refractivity contribution in [3.8, 4) is 0 Å². The highest BCUT2D eigenvalue weighted by atomic mass is 14.8. The SMILES string of the molecule is CNc1cc(C)cc(C)c1N. The van der Waals surface area contributed by atoms with Crippen molar-refractivity contribution in [1.82, 2.24) is 0 Å². The Morgan fingerprint density at radius 1 is 1.27 bits per heavy atom. The summed E-state index contributed by atoms with van der Waals surface area (Å²) in [5.41, 5.74) is 10.0. The van der Waals surface area contributed by atoms with Crippen molar-refractivity contribution in [2.24, 2.45) is 0 Å². The maximum absolute atomic E-state index is 5.80. The van der Waals surface area contributed by atoms with Crippen LogP contribution in [0.2, 0.25) is 0 Å². The summed E-state index contributed by atoms with van der Waals surface area (Å²) < 4.78 is 0. The van der Waals surface area contributed by atoms with Gasteiger partial charge < -0.3 is 11.1 Å². The van der Waals surface area contributed by atoms with Crippen molar-refractivity contribution < 1.29 is 0 Å². The van der Waals surface area contributed by atoms with E-state index >= 15 is 0 Å². The Labute approximate surface area is 67.4 Å². The van der Waals surface area contributed by atoms with E-state index in [1.165, 1.54) is 5.56 Å². The molecule has 11 heavy (non-hydrogen) atoms. The molecule has 3 N–H and O–H groups in total. The second kappa shape index (κ2) is 2.82. The van der Waals surface area contributed by atoms with Crippen LogP contribution in [0.25, 0.3) is 0 Å². The van der Waals surface area contributed by atoms with Gasteiger partial charge in [0.05, 0.1) is 11.4 Å². The average molecular weight is 150 g/mol. The van der Waals surface area contributed by atoms with Gasteiger partial charge in [0.15, 0.2) is 0 Å². The molecule has 0 aliphatic heterocycles. The fraction of sp³-hybridized carbons (Fsp3) is 0.333. The maximum Gasteiger partial charge on any atom is 0.0579 e. The highest BCUT2D eigenvalue weighted by Gasteiger charge is 1.99. The molecule has 0 fully saturated rings. The van der Waals surface area contributed by atoms with Gasteiger partial charge in [-0.25, -0.2) is 0 Å². The first kappa shape index (κ1) is 7.92. The highest BCUT2D eigenvalue weighted by molar-refractivity contribution is 5.70. The number of nitrogens with two attached hydrogens (primary N) is 1. The molecule has 1 aromatic carbocycles. The minimum absolute atomic E-state index is 0.845. The molecule has 1 aromatic rings. The first-order valence-corrected chi connectivity index (χ1v) is 3.69. The van der Waals surface area contributed by atoms with Crippen molar-refractivity contribution in [1.29, 1.82) is 0 Å². The third-order valence-electron chi connectivity index (χ3n) is 1.80. The van der Waals surface area contributed by atoms with Gasteiger partial charge in [0, 0.05) is 7.05 Å². The summed E-state index contributed by atoms with van der Waals surface area (Å²) in [4.78, 5) is 0. The summed E-state index contributed by atoms with van der Waals surface area (Å²) in [6.07, 6.45) is 0. The molecule has 0 aromatic heterocycles. The average Bonchev–Trinajstić information content (AvgIpc) is 1.96. The standard InChI is InChI=1S/C9H14N2/c1-6-4-7(2)9(10)8(5-6)11-3/h4-5,11H,10H2,1-3H3. The molecule has 2 nitrogen and oxygen atoms in total. The number of hydrogen-bond donors (Lipinski definition) is 2. The molecular weight excluding hydrogens is 136 g/mol. The topological polar surface area (TPSA) is 38.0 Å². The first-order chi connectivity index (χ1) is 5.15. The molecule has 0 atom stereocenters. The van der Waals surface area contributed by atoms with Gasteiger partial charge in [-0.15, -0.1) is 0 Å². The van der Waals surface area contributed by atoms with Crippen LogP contribution in [0.3, 0.4) is 0 Å². The lowest BCUT2D eigenvalue weighted by molar-refractivity contribution is 1.36. The summed E-state index contributed by atoms with van der Waals surface area (Å²) >= 11 is 0. The molecule has 0 saturated carbocycles. The lowest BCUT2D eigenvalue weighted by Crippen LogP contribution is -1.98. The molecule has 0 radical (unpaired) electrons. The molecule has 0 amide bonds. The van der Waals surface area contributed by atoms with E-state index in [0.29, 0.717) is 0 Å². The zero-order valence-electron chi connectivity index (χ0n) is 7.23. The molecule has 0 aliphatic carbocycles. The molecule has 1 rings (SSSR count). The van der Waals surface area contributed by atoms with Crippen molar-refractivity contribution in [3.63, 3.8) is 0 Å². The lowest BCUT2D eigenvalue weighted by Gasteiger charge is -2.08. The third-order valence-corrected chi connectivity index (χ3v) is 1.80. The Bertz CT molecular complexity index is 267. The van der Waals surface area contributed by atoms with Crippen LogP contribution in [-0.4, -0.2) is 7.05 Å². The van der Waals surface area contributed by atoms with Crippen LogP contribution in [0.15, 0.2) is 12.1 Å². The molecule has 0 heterocycles. The zero-order valence-corrected chi connectivity index (χ0v) is 7.23. The number of benzene rings is 1. The van der Waals surface area contributed by atoms with Gasteiger partial charge in [0.25, 0.3) is 0 Å². The largest absolute Gasteiger partial charge is 0.397 e. The van der Waals surface area contributed by atoms with Crippen LogP contribution >= 0.6 is 0 Å². The number of nitrogens with one attached hydrogen (secondary N) is 1. The van der Waals surface area contributed by atoms with Gasteiger partial charge >= 0.3 is 0 Å². The number of aryl methyl sites for hydroxylation is 2. The molecule has 60 valence electrons. The number of anilines is 2. The third kappa shape index (κ3) is 1.45. The minimum atomic E-state index is 0.845. The fourth-order valence-corrected chi connectivity index (χ4v) is 1.19. The summed E-state index contributed by atoms with van der Waals surface area (Å²) in [6.45, 7) is 4.08. The van der Waals surface area contributed by atoms with E-state index in [0.717, 1.165) is 16.9 Å². The normalized spacial score (nSPS) is 9.73. The van der Waals surface area contributed by atoms with Crippen molar-refractivity contribution >= 4 is 11.4 Å². The predicted molar refractivity (Wildman–Crippen MR) is 49.9 cm³/mol. The second-order valence-electron chi connectivity index (χ2n) is 2.79. The maximum atomic E-state index is 5.80. The lowest BCUT2D eigenvalue weighted by atomic mass is 10.1. The molecule has 0 saturated heterocycles. The van der Waals surface area contributed by atoms with E-state index in [4.69, 9.17) is 5.73 Å². The molecule has 0 bridgehead atoms.